The summed E-state index contributed by atoms with van der Waals surface area (Å²) in [5, 5.41) is 9.57. The first-order chi connectivity index (χ1) is 18.5. The van der Waals surface area contributed by atoms with E-state index in [1.54, 1.807) is 35.3 Å². The van der Waals surface area contributed by atoms with Crippen molar-refractivity contribution in [2.45, 2.75) is 12.2 Å². The summed E-state index contributed by atoms with van der Waals surface area (Å²) in [4.78, 5) is 29.1. The fourth-order valence-electron chi connectivity index (χ4n) is 4.48. The van der Waals surface area contributed by atoms with Crippen LogP contribution in [-0.2, 0) is 14.3 Å². The topological polar surface area (TPSA) is 76.5 Å². The van der Waals surface area contributed by atoms with E-state index in [0.29, 0.717) is 19.0 Å². The Bertz CT molecular complexity index is 1440. The zero-order valence-electron chi connectivity index (χ0n) is 21.0. The van der Waals surface area contributed by atoms with Gasteiger partial charge < -0.3 is 10.1 Å². The molecular formula is C28H27FN4O3S2. The quantitative estimate of drug-likeness (QED) is 0.313. The Morgan fingerprint density at radius 2 is 1.95 bits per heavy atom. The maximum absolute atomic E-state index is 13.9. The van der Waals surface area contributed by atoms with Crippen LogP contribution >= 0.6 is 23.1 Å². The number of anilines is 1. The number of hydrogen-bond acceptors (Lipinski definition) is 6. The van der Waals surface area contributed by atoms with Gasteiger partial charge in [0.25, 0.3) is 0 Å². The van der Waals surface area contributed by atoms with E-state index in [2.05, 4.69) is 5.32 Å². The van der Waals surface area contributed by atoms with Crippen LogP contribution in [-0.4, -0.2) is 54.2 Å². The molecule has 4 aromatic rings. The van der Waals surface area contributed by atoms with Crippen molar-refractivity contribution >= 4 is 40.7 Å². The van der Waals surface area contributed by atoms with Crippen LogP contribution in [0.2, 0.25) is 0 Å². The van der Waals surface area contributed by atoms with Crippen LogP contribution in [0.4, 0.5) is 10.2 Å². The fourth-order valence-corrected chi connectivity index (χ4v) is 6.40. The van der Waals surface area contributed by atoms with Crippen LogP contribution in [0.3, 0.4) is 0 Å². The standard InChI is InChI=1S/C28H27FN4O3S2/c1-18-6-3-4-7-21(18)33-28-25(26(31-33)22-8-5-15-37-22)27(19-9-11-20(29)12-10-19)38-17-24(35)32(28)16-23(34)30-13-14-36-2/h3-12,15,27H,13-14,16-17H2,1-2H3,(H,30,34)/t27-/m0/s1. The second-order valence-electron chi connectivity index (χ2n) is 8.83. The number of thiophene rings is 1. The van der Waals surface area contributed by atoms with E-state index in [1.165, 1.54) is 28.8 Å². The minimum absolute atomic E-state index is 0.153. The van der Waals surface area contributed by atoms with Gasteiger partial charge in [-0.05, 0) is 47.7 Å². The third-order valence-electron chi connectivity index (χ3n) is 6.29. The Kier molecular flexibility index (Phi) is 7.92. The van der Waals surface area contributed by atoms with Crippen LogP contribution in [0.25, 0.3) is 16.3 Å². The number of rotatable bonds is 8. The van der Waals surface area contributed by atoms with Crippen LogP contribution in [0.5, 0.6) is 0 Å². The van der Waals surface area contributed by atoms with Crippen molar-refractivity contribution in [2.75, 3.05) is 37.5 Å². The lowest BCUT2D eigenvalue weighted by Gasteiger charge is -2.23. The van der Waals surface area contributed by atoms with Crippen LogP contribution < -0.4 is 10.2 Å². The van der Waals surface area contributed by atoms with E-state index in [1.807, 2.05) is 48.7 Å². The Hall–Kier alpha value is -3.47. The number of aryl methyl sites for hydroxylation is 1. The first kappa shape index (κ1) is 26.1. The molecule has 2 aromatic heterocycles. The van der Waals surface area contributed by atoms with E-state index < -0.39 is 0 Å². The lowest BCUT2D eigenvalue weighted by molar-refractivity contribution is -0.123. The molecule has 10 heteroatoms. The molecule has 1 aliphatic heterocycles. The van der Waals surface area contributed by atoms with Crippen LogP contribution in [0, 0.1) is 12.7 Å². The number of amides is 2. The monoisotopic (exact) mass is 550 g/mol. The molecular weight excluding hydrogens is 523 g/mol. The summed E-state index contributed by atoms with van der Waals surface area (Å²) in [6.07, 6.45) is 0. The zero-order valence-corrected chi connectivity index (χ0v) is 22.7. The summed E-state index contributed by atoms with van der Waals surface area (Å²) >= 11 is 3.01. The van der Waals surface area contributed by atoms with Gasteiger partial charge in [0, 0.05) is 19.2 Å². The lowest BCUT2D eigenvalue weighted by atomic mass is 10.0. The SMILES string of the molecule is COCCNC(=O)CN1C(=O)CS[C@@H](c2ccc(F)cc2)c2c(-c3cccs3)nn(-c3ccccc3C)c21. The van der Waals surface area contributed by atoms with Crippen molar-refractivity contribution in [3.8, 4) is 16.3 Å². The van der Waals surface area contributed by atoms with Gasteiger partial charge in [-0.15, -0.1) is 23.1 Å². The van der Waals surface area contributed by atoms with E-state index in [4.69, 9.17) is 9.84 Å². The van der Waals surface area contributed by atoms with E-state index >= 15 is 0 Å². The van der Waals surface area contributed by atoms with Crippen molar-refractivity contribution in [3.63, 3.8) is 0 Å². The Labute approximate surface area is 228 Å². The first-order valence-corrected chi connectivity index (χ1v) is 14.1. The molecule has 0 saturated heterocycles. The number of ether oxygens (including phenoxy) is 1. The molecule has 0 saturated carbocycles. The molecule has 2 amide bonds. The number of methoxy groups -OCH3 is 1. The Morgan fingerprint density at radius 3 is 2.66 bits per heavy atom. The van der Waals surface area contributed by atoms with Gasteiger partial charge in [0.15, 0.2) is 0 Å². The second-order valence-corrected chi connectivity index (χ2v) is 10.9. The molecule has 196 valence electrons. The van der Waals surface area contributed by atoms with Gasteiger partial charge in [0.05, 0.1) is 28.2 Å². The molecule has 1 N–H and O–H groups in total. The van der Waals surface area contributed by atoms with E-state index in [9.17, 15) is 14.0 Å². The summed E-state index contributed by atoms with van der Waals surface area (Å²) in [5.74, 6) is -0.113. The number of carbonyl (C=O) groups excluding carboxylic acids is 2. The number of benzene rings is 2. The summed E-state index contributed by atoms with van der Waals surface area (Å²) in [6, 6.07) is 18.1. The first-order valence-electron chi connectivity index (χ1n) is 12.1. The molecule has 1 aliphatic rings. The highest BCUT2D eigenvalue weighted by Crippen LogP contribution is 2.49. The fraction of sp³-hybridized carbons (Fsp3) is 0.250. The Morgan fingerprint density at radius 1 is 1.16 bits per heavy atom. The molecule has 38 heavy (non-hydrogen) atoms. The molecule has 0 bridgehead atoms. The van der Waals surface area contributed by atoms with E-state index in [0.717, 1.165) is 32.9 Å². The third-order valence-corrected chi connectivity index (χ3v) is 8.42. The smallest absolute Gasteiger partial charge is 0.240 e. The predicted molar refractivity (Wildman–Crippen MR) is 150 cm³/mol. The number of halogens is 1. The summed E-state index contributed by atoms with van der Waals surface area (Å²) in [6.45, 7) is 2.54. The van der Waals surface area contributed by atoms with Crippen LogP contribution in [0.15, 0.2) is 66.0 Å². The maximum atomic E-state index is 13.9. The highest BCUT2D eigenvalue weighted by molar-refractivity contribution is 8.00. The number of thioether (sulfide) groups is 1. The number of para-hydroxylation sites is 1. The largest absolute Gasteiger partial charge is 0.383 e. The second kappa shape index (κ2) is 11.5. The van der Waals surface area contributed by atoms with Crippen molar-refractivity contribution in [2.24, 2.45) is 0 Å². The molecule has 0 aliphatic carbocycles. The predicted octanol–water partition coefficient (Wildman–Crippen LogP) is 4.98. The molecule has 2 aromatic carbocycles. The third kappa shape index (κ3) is 5.24. The van der Waals surface area contributed by atoms with Crippen molar-refractivity contribution < 1.29 is 18.7 Å². The number of fused-ring (bicyclic) bond motifs is 1. The molecule has 0 spiro atoms. The van der Waals surface area contributed by atoms with Crippen molar-refractivity contribution in [3.05, 3.63) is 88.6 Å². The molecule has 5 rings (SSSR count). The zero-order chi connectivity index (χ0) is 26.6. The van der Waals surface area contributed by atoms with Gasteiger partial charge in [-0.1, -0.05) is 36.4 Å². The summed E-state index contributed by atoms with van der Waals surface area (Å²) in [5.41, 5.74) is 4.21. The van der Waals surface area contributed by atoms with Gasteiger partial charge >= 0.3 is 0 Å². The number of aromatic nitrogens is 2. The number of carbonyl (C=O) groups is 2. The van der Waals surface area contributed by atoms with Gasteiger partial charge in [-0.2, -0.15) is 5.10 Å². The van der Waals surface area contributed by atoms with Crippen molar-refractivity contribution in [1.82, 2.24) is 15.1 Å². The van der Waals surface area contributed by atoms with Gasteiger partial charge in [-0.25, -0.2) is 9.07 Å². The van der Waals surface area contributed by atoms with Gasteiger partial charge in [0.2, 0.25) is 11.8 Å². The highest BCUT2D eigenvalue weighted by atomic mass is 32.2. The molecule has 1 atom stereocenters. The van der Waals surface area contributed by atoms with Crippen molar-refractivity contribution in [1.29, 1.82) is 0 Å². The summed E-state index contributed by atoms with van der Waals surface area (Å²) in [7, 11) is 1.57. The van der Waals surface area contributed by atoms with E-state index in [-0.39, 0.29) is 35.2 Å². The Balaban J connectivity index is 1.74. The minimum atomic E-state index is -0.327. The van der Waals surface area contributed by atoms with Crippen LogP contribution in [0.1, 0.15) is 21.9 Å². The highest BCUT2D eigenvalue weighted by Gasteiger charge is 2.38. The molecule has 3 heterocycles. The number of nitrogens with zero attached hydrogens (tertiary/aromatic N) is 3. The molecule has 0 radical (unpaired) electrons. The maximum Gasteiger partial charge on any atom is 0.240 e. The van der Waals surface area contributed by atoms with Gasteiger partial charge in [-0.3, -0.25) is 14.5 Å². The lowest BCUT2D eigenvalue weighted by Crippen LogP contribution is -2.43. The molecule has 0 fully saturated rings. The normalized spacial score (nSPS) is 15.3. The minimum Gasteiger partial charge on any atom is -0.383 e. The number of hydrogen-bond donors (Lipinski definition) is 1. The molecule has 0 unspecified atom stereocenters. The summed E-state index contributed by atoms with van der Waals surface area (Å²) < 4.78 is 20.7. The molecule has 7 nitrogen and oxygen atoms in total. The van der Waals surface area contributed by atoms with Gasteiger partial charge in [0.1, 0.15) is 23.9 Å². The average Bonchev–Trinajstić information content (AvgIpc) is 3.55. The average molecular weight is 551 g/mol. The number of nitrogens with one attached hydrogen (secondary N) is 1.